The Morgan fingerprint density at radius 3 is 2.68 bits per heavy atom. The molecule has 1 aromatic carbocycles. The van der Waals surface area contributed by atoms with Gasteiger partial charge in [-0.2, -0.15) is 0 Å². The number of aliphatic hydroxyl groups is 4. The van der Waals surface area contributed by atoms with E-state index in [4.69, 9.17) is 14.2 Å². The predicted molar refractivity (Wildman–Crippen MR) is 136 cm³/mol. The molecule has 0 saturated carbocycles. The molecule has 0 saturated heterocycles. The van der Waals surface area contributed by atoms with Crippen molar-refractivity contribution in [3.05, 3.63) is 94.4 Å². The molecule has 3 unspecified atom stereocenters. The van der Waals surface area contributed by atoms with E-state index in [2.05, 4.69) is 0 Å². The normalized spacial score (nSPS) is 27.5. The van der Waals surface area contributed by atoms with Crippen LogP contribution in [0.15, 0.2) is 88.8 Å². The average Bonchev–Trinajstić information content (AvgIpc) is 3.09. The molecule has 2 aliphatic carbocycles. The molecule has 3 aliphatic rings. The van der Waals surface area contributed by atoms with E-state index in [9.17, 15) is 25.2 Å². The Hall–Kier alpha value is -3.33. The van der Waals surface area contributed by atoms with Crippen LogP contribution in [0.5, 0.6) is 0 Å². The standard InChI is InChI=1S/C29H34O8/c30-12-13-35-26-9-5-4-8-20(14-27(26)36-18-19-6-2-1-3-7-19)15-28-29(34)24(33)17-22-23(32)16-21(31)10-11-25(22)37-28/h1-3,6-8,10,14,16,26,28-32,34H,4-5,9,11-13,15,17-18H2/b20-8+,27-14+. The first-order valence-corrected chi connectivity index (χ1v) is 12.6. The Balaban J connectivity index is 1.58. The third-order valence-electron chi connectivity index (χ3n) is 6.57. The minimum absolute atomic E-state index is 0.0991. The Morgan fingerprint density at radius 2 is 1.89 bits per heavy atom. The van der Waals surface area contributed by atoms with Crippen LogP contribution >= 0.6 is 0 Å². The molecule has 1 aliphatic heterocycles. The molecule has 4 rings (SSSR count). The summed E-state index contributed by atoms with van der Waals surface area (Å²) < 4.78 is 18.2. The first kappa shape index (κ1) is 26.7. The van der Waals surface area contributed by atoms with Crippen LogP contribution < -0.4 is 0 Å². The summed E-state index contributed by atoms with van der Waals surface area (Å²) in [7, 11) is 0. The molecule has 0 amide bonds. The number of hydrogen-bond donors (Lipinski definition) is 4. The van der Waals surface area contributed by atoms with Crippen molar-refractivity contribution in [1.29, 1.82) is 0 Å². The number of hydrogen-bond acceptors (Lipinski definition) is 8. The zero-order valence-corrected chi connectivity index (χ0v) is 20.7. The van der Waals surface area contributed by atoms with Crippen molar-refractivity contribution < 1.29 is 39.4 Å². The summed E-state index contributed by atoms with van der Waals surface area (Å²) in [5.41, 5.74) is 2.11. The molecular formula is C29H34O8. The summed E-state index contributed by atoms with van der Waals surface area (Å²) in [6.45, 7) is 0.429. The lowest BCUT2D eigenvalue weighted by Gasteiger charge is -2.26. The van der Waals surface area contributed by atoms with Gasteiger partial charge in [-0.15, -0.1) is 0 Å². The number of allylic oxidation sites excluding steroid dienone is 5. The fourth-order valence-corrected chi connectivity index (χ4v) is 4.62. The number of ether oxygens (including phenoxy) is 3. The minimum atomic E-state index is -1.38. The summed E-state index contributed by atoms with van der Waals surface area (Å²) in [5.74, 6) is 0.149. The van der Waals surface area contributed by atoms with Crippen molar-refractivity contribution in [2.24, 2.45) is 0 Å². The van der Waals surface area contributed by atoms with Crippen molar-refractivity contribution in [3.8, 4) is 0 Å². The highest BCUT2D eigenvalue weighted by Crippen LogP contribution is 2.33. The molecule has 37 heavy (non-hydrogen) atoms. The SMILES string of the molecule is O=C1CC2=C(CC=C(O)C=C2O)OC(CC2=C/CCCC(OCCO)/C(OCc3ccccc3)=C\2)C1O. The molecule has 198 valence electrons. The first-order valence-electron chi connectivity index (χ1n) is 12.6. The molecule has 1 heterocycles. The third kappa shape index (κ3) is 7.13. The molecule has 0 aromatic heterocycles. The largest absolute Gasteiger partial charge is 0.508 e. The molecular weight excluding hydrogens is 476 g/mol. The van der Waals surface area contributed by atoms with Gasteiger partial charge in [-0.3, -0.25) is 4.79 Å². The van der Waals surface area contributed by atoms with Gasteiger partial charge in [0.2, 0.25) is 0 Å². The number of carbonyl (C=O) groups excluding carboxylic acids is 1. The zero-order chi connectivity index (χ0) is 26.2. The van der Waals surface area contributed by atoms with Crippen LogP contribution in [0.1, 0.15) is 44.1 Å². The van der Waals surface area contributed by atoms with Crippen LogP contribution in [0.3, 0.4) is 0 Å². The van der Waals surface area contributed by atoms with Crippen molar-refractivity contribution in [1.82, 2.24) is 0 Å². The lowest BCUT2D eigenvalue weighted by molar-refractivity contribution is -0.131. The minimum Gasteiger partial charge on any atom is -0.508 e. The van der Waals surface area contributed by atoms with Gasteiger partial charge in [0.05, 0.1) is 13.2 Å². The fraction of sp³-hybridized carbons (Fsp3) is 0.414. The lowest BCUT2D eigenvalue weighted by Crippen LogP contribution is -2.34. The number of aliphatic hydroxyl groups excluding tert-OH is 4. The van der Waals surface area contributed by atoms with E-state index in [0.717, 1.165) is 30.4 Å². The average molecular weight is 511 g/mol. The Morgan fingerprint density at radius 1 is 1.08 bits per heavy atom. The smallest absolute Gasteiger partial charge is 0.169 e. The molecule has 1 aromatic rings. The first-order chi connectivity index (χ1) is 17.9. The van der Waals surface area contributed by atoms with E-state index in [1.807, 2.05) is 42.5 Å². The summed E-state index contributed by atoms with van der Waals surface area (Å²) in [4.78, 5) is 12.8. The maximum atomic E-state index is 12.8. The maximum Gasteiger partial charge on any atom is 0.169 e. The van der Waals surface area contributed by atoms with Crippen LogP contribution in [0.25, 0.3) is 0 Å². The van der Waals surface area contributed by atoms with Gasteiger partial charge in [0.1, 0.15) is 48.0 Å². The Kier molecular flexibility index (Phi) is 9.22. The second-order valence-electron chi connectivity index (χ2n) is 9.33. The molecule has 0 bridgehead atoms. The second kappa shape index (κ2) is 12.8. The quantitative estimate of drug-likeness (QED) is 0.410. The number of ketones is 1. The van der Waals surface area contributed by atoms with E-state index in [1.54, 1.807) is 0 Å². The molecule has 0 spiro atoms. The summed E-state index contributed by atoms with van der Waals surface area (Å²) in [6.07, 6.45) is 6.54. The highest BCUT2D eigenvalue weighted by atomic mass is 16.5. The Labute approximate surface area is 216 Å². The van der Waals surface area contributed by atoms with E-state index in [0.29, 0.717) is 18.1 Å². The van der Waals surface area contributed by atoms with Crippen LogP contribution in [0, 0.1) is 0 Å². The molecule has 0 fully saturated rings. The molecule has 0 radical (unpaired) electrons. The van der Waals surface area contributed by atoms with Crippen LogP contribution in [-0.2, 0) is 25.6 Å². The van der Waals surface area contributed by atoms with Crippen molar-refractivity contribution >= 4 is 5.78 Å². The number of Topliss-reactive ketones (excluding diaryl/α,β-unsaturated/α-hetero) is 1. The highest BCUT2D eigenvalue weighted by Gasteiger charge is 2.35. The maximum absolute atomic E-state index is 12.8. The van der Waals surface area contributed by atoms with Crippen molar-refractivity contribution in [3.63, 3.8) is 0 Å². The van der Waals surface area contributed by atoms with Gasteiger partial charge in [0, 0.05) is 30.9 Å². The Bertz CT molecular complexity index is 1110. The summed E-state index contributed by atoms with van der Waals surface area (Å²) in [6, 6.07) is 9.76. The fourth-order valence-electron chi connectivity index (χ4n) is 4.62. The van der Waals surface area contributed by atoms with Gasteiger partial charge in [0.15, 0.2) is 5.78 Å². The van der Waals surface area contributed by atoms with Crippen LogP contribution in [0.4, 0.5) is 0 Å². The second-order valence-corrected chi connectivity index (χ2v) is 9.33. The monoisotopic (exact) mass is 510 g/mol. The zero-order valence-electron chi connectivity index (χ0n) is 20.7. The molecule has 8 heteroatoms. The molecule has 3 atom stereocenters. The van der Waals surface area contributed by atoms with E-state index in [-0.39, 0.29) is 55.7 Å². The van der Waals surface area contributed by atoms with Gasteiger partial charge in [-0.1, -0.05) is 36.4 Å². The predicted octanol–water partition coefficient (Wildman–Crippen LogP) is 4.23. The van der Waals surface area contributed by atoms with Gasteiger partial charge >= 0.3 is 0 Å². The van der Waals surface area contributed by atoms with Crippen molar-refractivity contribution in [2.45, 2.75) is 63.4 Å². The topological polar surface area (TPSA) is 126 Å². The van der Waals surface area contributed by atoms with Crippen LogP contribution in [-0.4, -0.2) is 57.7 Å². The lowest BCUT2D eigenvalue weighted by atomic mass is 9.95. The van der Waals surface area contributed by atoms with Gasteiger partial charge < -0.3 is 34.6 Å². The summed E-state index contributed by atoms with van der Waals surface area (Å²) >= 11 is 0. The molecule has 4 N–H and O–H groups in total. The van der Waals surface area contributed by atoms with Crippen molar-refractivity contribution in [2.75, 3.05) is 13.2 Å². The third-order valence-corrected chi connectivity index (χ3v) is 6.57. The number of benzene rings is 1. The molecule has 8 nitrogen and oxygen atoms in total. The summed E-state index contributed by atoms with van der Waals surface area (Å²) in [5, 5.41) is 40.4. The van der Waals surface area contributed by atoms with Gasteiger partial charge in [-0.05, 0) is 42.6 Å². The highest BCUT2D eigenvalue weighted by molar-refractivity contribution is 5.87. The van der Waals surface area contributed by atoms with E-state index in [1.165, 1.54) is 12.2 Å². The van der Waals surface area contributed by atoms with Gasteiger partial charge in [0.25, 0.3) is 0 Å². The van der Waals surface area contributed by atoms with E-state index >= 15 is 0 Å². The number of carbonyl (C=O) groups is 1. The van der Waals surface area contributed by atoms with Gasteiger partial charge in [-0.25, -0.2) is 0 Å². The van der Waals surface area contributed by atoms with Crippen LogP contribution in [0.2, 0.25) is 0 Å². The number of rotatable bonds is 8. The van der Waals surface area contributed by atoms with E-state index < -0.39 is 18.0 Å².